The van der Waals surface area contributed by atoms with Crippen LogP contribution in [0.5, 0.6) is 0 Å². The molecular formula is C24H32N2O4. The summed E-state index contributed by atoms with van der Waals surface area (Å²) in [4.78, 5) is 23.5. The first-order valence-corrected chi connectivity index (χ1v) is 10.6. The highest BCUT2D eigenvalue weighted by Gasteiger charge is 1.99. The Morgan fingerprint density at radius 3 is 1.47 bits per heavy atom. The van der Waals surface area contributed by atoms with Gasteiger partial charge in [-0.25, -0.2) is 0 Å². The minimum atomic E-state index is -0.101. The van der Waals surface area contributed by atoms with Crippen molar-refractivity contribution in [3.63, 3.8) is 0 Å². The lowest BCUT2D eigenvalue weighted by Gasteiger charge is -2.04. The summed E-state index contributed by atoms with van der Waals surface area (Å²) in [6, 6.07) is 7.41. The molecule has 162 valence electrons. The Kier molecular flexibility index (Phi) is 10.3. The standard InChI is InChI=1S/C24H32N2O4/c1-19-9-11-21(29-19)13-15-23(27)25-17-7-5-3-4-6-8-18-26-24(28)16-14-22-12-10-20(2)30-22/h9-16H,3-8,17-18H2,1-2H3,(H,25,27)(H,26,28). The molecule has 2 heterocycles. The van der Waals surface area contributed by atoms with E-state index >= 15 is 0 Å². The maximum atomic E-state index is 11.7. The summed E-state index contributed by atoms with van der Waals surface area (Å²) in [6.07, 6.45) is 12.7. The van der Waals surface area contributed by atoms with Gasteiger partial charge in [-0.1, -0.05) is 25.7 Å². The molecule has 6 nitrogen and oxygen atoms in total. The van der Waals surface area contributed by atoms with E-state index in [1.54, 1.807) is 12.2 Å². The van der Waals surface area contributed by atoms with Gasteiger partial charge in [-0.15, -0.1) is 0 Å². The number of furan rings is 2. The Hall–Kier alpha value is -3.02. The first kappa shape index (κ1) is 23.3. The Balaban J connectivity index is 1.40. The fourth-order valence-corrected chi connectivity index (χ4v) is 2.90. The normalized spacial score (nSPS) is 11.4. The van der Waals surface area contributed by atoms with Crippen LogP contribution in [0.3, 0.4) is 0 Å². The van der Waals surface area contributed by atoms with Crippen LogP contribution in [-0.4, -0.2) is 24.9 Å². The van der Waals surface area contributed by atoms with E-state index in [-0.39, 0.29) is 11.8 Å². The fraction of sp³-hybridized carbons (Fsp3) is 0.417. The van der Waals surface area contributed by atoms with Gasteiger partial charge in [0.2, 0.25) is 11.8 Å². The van der Waals surface area contributed by atoms with Crippen LogP contribution in [0.2, 0.25) is 0 Å². The molecule has 2 aromatic heterocycles. The van der Waals surface area contributed by atoms with Gasteiger partial charge >= 0.3 is 0 Å². The zero-order valence-corrected chi connectivity index (χ0v) is 17.9. The van der Waals surface area contributed by atoms with Gasteiger partial charge in [0.15, 0.2) is 0 Å². The first-order chi connectivity index (χ1) is 14.5. The van der Waals surface area contributed by atoms with E-state index in [4.69, 9.17) is 8.83 Å². The highest BCUT2D eigenvalue weighted by molar-refractivity contribution is 5.91. The number of hydrogen-bond donors (Lipinski definition) is 2. The largest absolute Gasteiger partial charge is 0.462 e. The maximum Gasteiger partial charge on any atom is 0.244 e. The van der Waals surface area contributed by atoms with Crippen LogP contribution >= 0.6 is 0 Å². The summed E-state index contributed by atoms with van der Waals surface area (Å²) >= 11 is 0. The average molecular weight is 413 g/mol. The van der Waals surface area contributed by atoms with Crippen LogP contribution < -0.4 is 10.6 Å². The van der Waals surface area contributed by atoms with Gasteiger partial charge < -0.3 is 19.5 Å². The van der Waals surface area contributed by atoms with Crippen molar-refractivity contribution >= 4 is 24.0 Å². The summed E-state index contributed by atoms with van der Waals surface area (Å²) in [5.74, 6) is 2.82. The van der Waals surface area contributed by atoms with Crippen molar-refractivity contribution in [2.24, 2.45) is 0 Å². The summed E-state index contributed by atoms with van der Waals surface area (Å²) in [7, 11) is 0. The Labute approximate surface area is 178 Å². The van der Waals surface area contributed by atoms with Crippen LogP contribution in [0.1, 0.15) is 61.6 Å². The summed E-state index contributed by atoms with van der Waals surface area (Å²) in [5.41, 5.74) is 0. The van der Waals surface area contributed by atoms with Gasteiger partial charge in [-0.05, 0) is 63.1 Å². The molecule has 0 unspecified atom stereocenters. The maximum absolute atomic E-state index is 11.7. The molecule has 0 aromatic carbocycles. The number of unbranched alkanes of at least 4 members (excludes halogenated alkanes) is 5. The van der Waals surface area contributed by atoms with Gasteiger partial charge in [0.1, 0.15) is 23.0 Å². The molecule has 0 bridgehead atoms. The van der Waals surface area contributed by atoms with Gasteiger partial charge in [0.05, 0.1) is 0 Å². The smallest absolute Gasteiger partial charge is 0.244 e. The van der Waals surface area contributed by atoms with E-state index in [9.17, 15) is 9.59 Å². The Bertz CT molecular complexity index is 775. The van der Waals surface area contributed by atoms with Crippen LogP contribution in [0, 0.1) is 13.8 Å². The molecule has 0 spiro atoms. The number of aryl methyl sites for hydroxylation is 2. The summed E-state index contributed by atoms with van der Waals surface area (Å²) < 4.78 is 10.8. The summed E-state index contributed by atoms with van der Waals surface area (Å²) in [5, 5.41) is 5.76. The van der Waals surface area contributed by atoms with Crippen molar-refractivity contribution in [1.82, 2.24) is 10.6 Å². The highest BCUT2D eigenvalue weighted by Crippen LogP contribution is 2.09. The van der Waals surface area contributed by atoms with Crippen LogP contribution in [0.25, 0.3) is 12.2 Å². The molecule has 6 heteroatoms. The predicted molar refractivity (Wildman–Crippen MR) is 119 cm³/mol. The minimum absolute atomic E-state index is 0.101. The number of rotatable bonds is 13. The molecule has 0 fully saturated rings. The van der Waals surface area contributed by atoms with Crippen LogP contribution in [0.4, 0.5) is 0 Å². The molecule has 0 saturated heterocycles. The lowest BCUT2D eigenvalue weighted by molar-refractivity contribution is -0.117. The van der Waals surface area contributed by atoms with E-state index in [0.717, 1.165) is 50.0 Å². The molecule has 2 rings (SSSR count). The minimum Gasteiger partial charge on any atom is -0.462 e. The van der Waals surface area contributed by atoms with Crippen molar-refractivity contribution < 1.29 is 18.4 Å². The molecule has 2 amide bonds. The van der Waals surface area contributed by atoms with E-state index < -0.39 is 0 Å². The van der Waals surface area contributed by atoms with E-state index in [2.05, 4.69) is 10.6 Å². The molecule has 0 radical (unpaired) electrons. The van der Waals surface area contributed by atoms with E-state index in [0.29, 0.717) is 24.6 Å². The third-order valence-electron chi connectivity index (χ3n) is 4.52. The molecule has 0 aliphatic rings. The Morgan fingerprint density at radius 2 is 1.10 bits per heavy atom. The number of carbonyl (C=O) groups is 2. The molecule has 0 atom stereocenters. The number of carbonyl (C=O) groups excluding carboxylic acids is 2. The number of nitrogens with one attached hydrogen (secondary N) is 2. The third kappa shape index (κ3) is 9.96. The second-order valence-corrected chi connectivity index (χ2v) is 7.27. The quantitative estimate of drug-likeness (QED) is 0.366. The Morgan fingerprint density at radius 1 is 0.700 bits per heavy atom. The number of amides is 2. The van der Waals surface area contributed by atoms with Crippen molar-refractivity contribution in [3.8, 4) is 0 Å². The van der Waals surface area contributed by atoms with Crippen molar-refractivity contribution in [2.45, 2.75) is 52.4 Å². The third-order valence-corrected chi connectivity index (χ3v) is 4.52. The predicted octanol–water partition coefficient (Wildman–Crippen LogP) is 4.79. The van der Waals surface area contributed by atoms with Crippen LogP contribution in [0.15, 0.2) is 45.3 Å². The van der Waals surface area contributed by atoms with E-state index in [1.165, 1.54) is 12.2 Å². The molecule has 30 heavy (non-hydrogen) atoms. The summed E-state index contributed by atoms with van der Waals surface area (Å²) in [6.45, 7) is 5.10. The number of hydrogen-bond acceptors (Lipinski definition) is 4. The van der Waals surface area contributed by atoms with Gasteiger partial charge in [-0.2, -0.15) is 0 Å². The monoisotopic (exact) mass is 412 g/mol. The molecule has 2 N–H and O–H groups in total. The molecular weight excluding hydrogens is 380 g/mol. The first-order valence-electron chi connectivity index (χ1n) is 10.6. The van der Waals surface area contributed by atoms with Crippen molar-refractivity contribution in [3.05, 3.63) is 59.5 Å². The topological polar surface area (TPSA) is 84.5 Å². The fourth-order valence-electron chi connectivity index (χ4n) is 2.90. The zero-order chi connectivity index (χ0) is 21.6. The molecule has 0 aliphatic carbocycles. The lowest BCUT2D eigenvalue weighted by Crippen LogP contribution is -2.22. The van der Waals surface area contributed by atoms with Gasteiger partial charge in [0, 0.05) is 25.2 Å². The average Bonchev–Trinajstić information content (AvgIpc) is 3.33. The molecule has 0 aliphatic heterocycles. The second-order valence-electron chi connectivity index (χ2n) is 7.27. The molecule has 2 aromatic rings. The SMILES string of the molecule is Cc1ccc(C=CC(=O)NCCCCCCCCNC(=O)C=Cc2ccc(C)o2)o1. The molecule has 0 saturated carbocycles. The highest BCUT2D eigenvalue weighted by atomic mass is 16.3. The van der Waals surface area contributed by atoms with Gasteiger partial charge in [-0.3, -0.25) is 9.59 Å². The van der Waals surface area contributed by atoms with E-state index in [1.807, 2.05) is 38.1 Å². The van der Waals surface area contributed by atoms with Crippen molar-refractivity contribution in [2.75, 3.05) is 13.1 Å². The second kappa shape index (κ2) is 13.2. The zero-order valence-electron chi connectivity index (χ0n) is 17.9. The lowest BCUT2D eigenvalue weighted by atomic mass is 10.1. The van der Waals surface area contributed by atoms with Gasteiger partial charge in [0.25, 0.3) is 0 Å². The van der Waals surface area contributed by atoms with Crippen molar-refractivity contribution in [1.29, 1.82) is 0 Å². The van der Waals surface area contributed by atoms with Crippen LogP contribution in [-0.2, 0) is 9.59 Å².